The van der Waals surface area contributed by atoms with Crippen molar-refractivity contribution in [2.75, 3.05) is 13.1 Å². The van der Waals surface area contributed by atoms with Crippen LogP contribution >= 0.6 is 0 Å². The first-order chi connectivity index (χ1) is 12.3. The molecule has 0 fully saturated rings. The summed E-state index contributed by atoms with van der Waals surface area (Å²) in [5, 5.41) is 9.69. The number of allylic oxidation sites excluding steroid dienone is 2. The number of nitrogens with zero attached hydrogens (tertiary/aromatic N) is 2. The third-order valence-electron chi connectivity index (χ3n) is 5.06. The summed E-state index contributed by atoms with van der Waals surface area (Å²) in [5.74, 6) is 1.12. The number of aliphatic hydroxyl groups is 1. The fraction of sp³-hybridized carbons (Fsp3) is 0.864. The maximum atomic E-state index is 9.69. The van der Waals surface area contributed by atoms with Gasteiger partial charge in [0.05, 0.1) is 6.54 Å². The fourth-order valence-electron chi connectivity index (χ4n) is 3.49. The minimum atomic E-state index is -0.381. The van der Waals surface area contributed by atoms with E-state index in [1.807, 2.05) is 11.8 Å². The van der Waals surface area contributed by atoms with Gasteiger partial charge in [-0.1, -0.05) is 76.9 Å². The zero-order valence-electron chi connectivity index (χ0n) is 16.9. The van der Waals surface area contributed by atoms with Crippen LogP contribution in [0.5, 0.6) is 0 Å². The third-order valence-corrected chi connectivity index (χ3v) is 5.06. The molecule has 1 unspecified atom stereocenters. The van der Waals surface area contributed by atoms with Gasteiger partial charge in [0.1, 0.15) is 12.1 Å². The van der Waals surface area contributed by atoms with E-state index in [9.17, 15) is 5.11 Å². The second kappa shape index (κ2) is 15.4. The van der Waals surface area contributed by atoms with E-state index in [-0.39, 0.29) is 6.23 Å². The molecule has 0 bridgehead atoms. The second-order valence-electron chi connectivity index (χ2n) is 7.46. The van der Waals surface area contributed by atoms with Crippen molar-refractivity contribution in [2.45, 2.75) is 110 Å². The van der Waals surface area contributed by atoms with Crippen molar-refractivity contribution in [2.24, 2.45) is 4.99 Å². The zero-order chi connectivity index (χ0) is 18.2. The van der Waals surface area contributed by atoms with Crippen molar-refractivity contribution in [3.05, 3.63) is 12.2 Å². The number of unbranched alkanes of at least 4 members (excludes halogenated alkanes) is 11. The lowest BCUT2D eigenvalue weighted by atomic mass is 10.0. The molecular weight excluding hydrogens is 308 g/mol. The third kappa shape index (κ3) is 11.4. The van der Waals surface area contributed by atoms with Gasteiger partial charge in [-0.05, 0) is 32.6 Å². The topological polar surface area (TPSA) is 35.8 Å². The Balaban J connectivity index is 1.80. The molecule has 0 aromatic heterocycles. The van der Waals surface area contributed by atoms with Crippen molar-refractivity contribution in [3.63, 3.8) is 0 Å². The standard InChI is InChI=1S/C22H42N2O/c1-3-4-5-6-7-8-9-10-11-12-13-14-15-16-17-18-22-23-19-20-24(22)21(2)25/h5-6,21,25H,3-4,7-20H2,1-2H3/b6-5+. The van der Waals surface area contributed by atoms with Crippen LogP contribution in [-0.2, 0) is 0 Å². The average Bonchev–Trinajstić information content (AvgIpc) is 3.07. The van der Waals surface area contributed by atoms with Crippen LogP contribution < -0.4 is 0 Å². The highest BCUT2D eigenvalue weighted by atomic mass is 16.3. The van der Waals surface area contributed by atoms with E-state index in [0.717, 1.165) is 25.3 Å². The first-order valence-corrected chi connectivity index (χ1v) is 10.9. The van der Waals surface area contributed by atoms with E-state index >= 15 is 0 Å². The summed E-state index contributed by atoms with van der Waals surface area (Å²) in [6.45, 7) is 5.82. The van der Waals surface area contributed by atoms with Crippen molar-refractivity contribution in [1.29, 1.82) is 0 Å². The summed E-state index contributed by atoms with van der Waals surface area (Å²) in [5.41, 5.74) is 0. The van der Waals surface area contributed by atoms with Gasteiger partial charge in [-0.3, -0.25) is 4.99 Å². The van der Waals surface area contributed by atoms with E-state index in [4.69, 9.17) is 0 Å². The van der Waals surface area contributed by atoms with E-state index in [1.165, 1.54) is 83.5 Å². The lowest BCUT2D eigenvalue weighted by Crippen LogP contribution is -2.35. The lowest BCUT2D eigenvalue weighted by molar-refractivity contribution is 0.0766. The SMILES string of the molecule is CCC/C=C/CCCCCCCCCCCCC1=NCCN1C(C)O. The highest BCUT2D eigenvalue weighted by Crippen LogP contribution is 2.15. The summed E-state index contributed by atoms with van der Waals surface area (Å²) >= 11 is 0. The van der Waals surface area contributed by atoms with Gasteiger partial charge >= 0.3 is 0 Å². The summed E-state index contributed by atoms with van der Waals surface area (Å²) in [7, 11) is 0. The molecule has 0 radical (unpaired) electrons. The van der Waals surface area contributed by atoms with Crippen LogP contribution in [-0.4, -0.2) is 35.2 Å². The Kier molecular flexibility index (Phi) is 13.7. The lowest BCUT2D eigenvalue weighted by Gasteiger charge is -2.23. The number of aliphatic hydroxyl groups excluding tert-OH is 1. The van der Waals surface area contributed by atoms with Crippen molar-refractivity contribution in [3.8, 4) is 0 Å². The zero-order valence-corrected chi connectivity index (χ0v) is 16.9. The second-order valence-corrected chi connectivity index (χ2v) is 7.46. The normalized spacial score (nSPS) is 16.0. The number of aliphatic imine (C=N–C) groups is 1. The van der Waals surface area contributed by atoms with Crippen LogP contribution in [0.2, 0.25) is 0 Å². The van der Waals surface area contributed by atoms with Gasteiger partial charge in [0.25, 0.3) is 0 Å². The molecule has 1 heterocycles. The molecule has 146 valence electrons. The van der Waals surface area contributed by atoms with Crippen LogP contribution in [0.3, 0.4) is 0 Å². The van der Waals surface area contributed by atoms with Gasteiger partial charge in [0.2, 0.25) is 0 Å². The van der Waals surface area contributed by atoms with Crippen LogP contribution in [0, 0.1) is 0 Å². The average molecular weight is 351 g/mol. The molecule has 3 heteroatoms. The Bertz CT molecular complexity index is 363. The van der Waals surface area contributed by atoms with E-state index in [2.05, 4.69) is 24.1 Å². The van der Waals surface area contributed by atoms with E-state index < -0.39 is 0 Å². The van der Waals surface area contributed by atoms with Crippen molar-refractivity contribution in [1.82, 2.24) is 4.90 Å². The molecule has 0 saturated heterocycles. The summed E-state index contributed by atoms with van der Waals surface area (Å²) < 4.78 is 0. The molecule has 0 aromatic rings. The van der Waals surface area contributed by atoms with Gasteiger partial charge < -0.3 is 10.0 Å². The molecule has 0 amide bonds. The Hall–Kier alpha value is -0.830. The minimum absolute atomic E-state index is 0.381. The number of rotatable bonds is 16. The number of hydrogen-bond acceptors (Lipinski definition) is 3. The summed E-state index contributed by atoms with van der Waals surface area (Å²) in [6.07, 6.45) is 22.8. The monoisotopic (exact) mass is 350 g/mol. The van der Waals surface area contributed by atoms with Gasteiger partial charge in [-0.2, -0.15) is 0 Å². The maximum Gasteiger partial charge on any atom is 0.125 e. The Labute approximate surface area is 156 Å². The predicted molar refractivity (Wildman–Crippen MR) is 110 cm³/mol. The summed E-state index contributed by atoms with van der Waals surface area (Å²) in [6, 6.07) is 0. The van der Waals surface area contributed by atoms with E-state index in [0.29, 0.717) is 0 Å². The van der Waals surface area contributed by atoms with Gasteiger partial charge in [-0.15, -0.1) is 0 Å². The predicted octanol–water partition coefficient (Wildman–Crippen LogP) is 6.08. The number of amidine groups is 1. The summed E-state index contributed by atoms with van der Waals surface area (Å²) in [4.78, 5) is 6.56. The van der Waals surface area contributed by atoms with Crippen LogP contribution in [0.1, 0.15) is 104 Å². The number of hydrogen-bond donors (Lipinski definition) is 1. The molecule has 1 atom stereocenters. The first kappa shape index (κ1) is 22.2. The molecule has 3 nitrogen and oxygen atoms in total. The molecule has 0 aliphatic carbocycles. The van der Waals surface area contributed by atoms with Crippen LogP contribution in [0.4, 0.5) is 0 Å². The Morgan fingerprint density at radius 2 is 1.48 bits per heavy atom. The van der Waals surface area contributed by atoms with Crippen LogP contribution in [0.25, 0.3) is 0 Å². The molecule has 1 rings (SSSR count). The molecule has 1 aliphatic rings. The maximum absolute atomic E-state index is 9.69. The van der Waals surface area contributed by atoms with Crippen molar-refractivity contribution >= 4 is 5.84 Å². The Morgan fingerprint density at radius 3 is 2.08 bits per heavy atom. The van der Waals surface area contributed by atoms with Gasteiger partial charge in [0.15, 0.2) is 0 Å². The quantitative estimate of drug-likeness (QED) is 0.270. The molecule has 0 aromatic carbocycles. The van der Waals surface area contributed by atoms with Gasteiger partial charge in [0, 0.05) is 13.0 Å². The molecule has 0 spiro atoms. The molecule has 0 saturated carbocycles. The highest BCUT2D eigenvalue weighted by molar-refractivity contribution is 5.83. The Morgan fingerprint density at radius 1 is 0.920 bits per heavy atom. The highest BCUT2D eigenvalue weighted by Gasteiger charge is 2.19. The van der Waals surface area contributed by atoms with Gasteiger partial charge in [-0.25, -0.2) is 0 Å². The van der Waals surface area contributed by atoms with Crippen LogP contribution in [0.15, 0.2) is 17.1 Å². The van der Waals surface area contributed by atoms with E-state index in [1.54, 1.807) is 0 Å². The smallest absolute Gasteiger partial charge is 0.125 e. The molecule has 1 aliphatic heterocycles. The minimum Gasteiger partial charge on any atom is -0.374 e. The fourth-order valence-corrected chi connectivity index (χ4v) is 3.49. The molecule has 25 heavy (non-hydrogen) atoms. The van der Waals surface area contributed by atoms with Crippen molar-refractivity contribution < 1.29 is 5.11 Å². The molecule has 1 N–H and O–H groups in total. The largest absolute Gasteiger partial charge is 0.374 e. The first-order valence-electron chi connectivity index (χ1n) is 10.9. The molecular formula is C22H42N2O.